The van der Waals surface area contributed by atoms with E-state index in [0.717, 1.165) is 31.6 Å². The maximum Gasteiger partial charge on any atom is 0.118 e. The second-order valence-corrected chi connectivity index (χ2v) is 3.97. The summed E-state index contributed by atoms with van der Waals surface area (Å²) in [5.41, 5.74) is 1.35. The SMILES string of the molecule is COc1ccc(CCCCn2ccnn2)cc1. The smallest absolute Gasteiger partial charge is 0.118 e. The van der Waals surface area contributed by atoms with E-state index in [9.17, 15) is 0 Å². The lowest BCUT2D eigenvalue weighted by Gasteiger charge is -2.03. The van der Waals surface area contributed by atoms with Gasteiger partial charge in [0.15, 0.2) is 0 Å². The van der Waals surface area contributed by atoms with E-state index >= 15 is 0 Å². The zero-order valence-corrected chi connectivity index (χ0v) is 10.0. The van der Waals surface area contributed by atoms with Crippen LogP contribution in [0.1, 0.15) is 18.4 Å². The van der Waals surface area contributed by atoms with Crippen LogP contribution in [0, 0.1) is 0 Å². The molecule has 0 aliphatic carbocycles. The fourth-order valence-corrected chi connectivity index (χ4v) is 1.75. The second-order valence-electron chi connectivity index (χ2n) is 3.97. The lowest BCUT2D eigenvalue weighted by atomic mass is 10.1. The Hall–Kier alpha value is -1.84. The van der Waals surface area contributed by atoms with Crippen molar-refractivity contribution in [2.24, 2.45) is 0 Å². The molecular weight excluding hydrogens is 214 g/mol. The first-order valence-corrected chi connectivity index (χ1v) is 5.85. The summed E-state index contributed by atoms with van der Waals surface area (Å²) >= 11 is 0. The third-order valence-electron chi connectivity index (χ3n) is 2.73. The molecule has 1 heterocycles. The van der Waals surface area contributed by atoms with Crippen molar-refractivity contribution >= 4 is 0 Å². The van der Waals surface area contributed by atoms with Gasteiger partial charge in [-0.1, -0.05) is 17.3 Å². The molecule has 17 heavy (non-hydrogen) atoms. The van der Waals surface area contributed by atoms with Crippen molar-refractivity contribution in [2.45, 2.75) is 25.8 Å². The molecule has 0 atom stereocenters. The van der Waals surface area contributed by atoms with Gasteiger partial charge in [-0.05, 0) is 37.0 Å². The monoisotopic (exact) mass is 231 g/mol. The summed E-state index contributed by atoms with van der Waals surface area (Å²) in [6.45, 7) is 0.941. The van der Waals surface area contributed by atoms with Crippen molar-refractivity contribution in [2.75, 3.05) is 7.11 Å². The van der Waals surface area contributed by atoms with Crippen molar-refractivity contribution in [3.05, 3.63) is 42.2 Å². The molecule has 2 aromatic rings. The maximum absolute atomic E-state index is 5.13. The van der Waals surface area contributed by atoms with Gasteiger partial charge in [0.05, 0.1) is 13.3 Å². The average Bonchev–Trinajstić information content (AvgIpc) is 2.88. The molecule has 0 bridgehead atoms. The number of ether oxygens (including phenoxy) is 1. The van der Waals surface area contributed by atoms with Gasteiger partial charge in [0.2, 0.25) is 0 Å². The molecule has 1 aromatic carbocycles. The third kappa shape index (κ3) is 3.59. The van der Waals surface area contributed by atoms with Gasteiger partial charge in [0.1, 0.15) is 5.75 Å². The number of nitrogens with zero attached hydrogens (tertiary/aromatic N) is 3. The highest BCUT2D eigenvalue weighted by molar-refractivity contribution is 5.27. The Balaban J connectivity index is 1.70. The number of unbranched alkanes of at least 4 members (excludes halogenated alkanes) is 1. The predicted octanol–water partition coefficient (Wildman–Crippen LogP) is 2.31. The van der Waals surface area contributed by atoms with Crippen LogP contribution in [0.2, 0.25) is 0 Å². The molecule has 0 unspecified atom stereocenters. The molecule has 2 rings (SSSR count). The van der Waals surface area contributed by atoms with Gasteiger partial charge in [0, 0.05) is 12.7 Å². The average molecular weight is 231 g/mol. The largest absolute Gasteiger partial charge is 0.497 e. The number of methoxy groups -OCH3 is 1. The first-order chi connectivity index (χ1) is 8.38. The van der Waals surface area contributed by atoms with E-state index in [-0.39, 0.29) is 0 Å². The summed E-state index contributed by atoms with van der Waals surface area (Å²) in [6.07, 6.45) is 6.98. The van der Waals surface area contributed by atoms with Gasteiger partial charge in [-0.2, -0.15) is 0 Å². The Bertz CT molecular complexity index is 422. The summed E-state index contributed by atoms with van der Waals surface area (Å²) in [7, 11) is 1.69. The number of benzene rings is 1. The molecule has 0 spiro atoms. The van der Waals surface area contributed by atoms with E-state index in [1.54, 1.807) is 13.3 Å². The van der Waals surface area contributed by atoms with Crippen LogP contribution in [-0.2, 0) is 13.0 Å². The van der Waals surface area contributed by atoms with E-state index in [1.807, 2.05) is 23.0 Å². The zero-order valence-electron chi connectivity index (χ0n) is 10.0. The molecule has 0 aliphatic heterocycles. The fourth-order valence-electron chi connectivity index (χ4n) is 1.75. The molecule has 4 nitrogen and oxygen atoms in total. The van der Waals surface area contributed by atoms with E-state index in [1.165, 1.54) is 5.56 Å². The lowest BCUT2D eigenvalue weighted by Crippen LogP contribution is -1.99. The first kappa shape index (κ1) is 11.6. The molecular formula is C13H17N3O. The number of aryl methyl sites for hydroxylation is 2. The summed E-state index contributed by atoms with van der Waals surface area (Å²) in [6, 6.07) is 8.25. The minimum absolute atomic E-state index is 0.913. The second kappa shape index (κ2) is 6.03. The van der Waals surface area contributed by atoms with Crippen LogP contribution in [0.5, 0.6) is 5.75 Å². The number of hydrogen-bond donors (Lipinski definition) is 0. The van der Waals surface area contributed by atoms with Crippen LogP contribution in [-0.4, -0.2) is 22.1 Å². The molecule has 0 saturated carbocycles. The van der Waals surface area contributed by atoms with Crippen molar-refractivity contribution in [1.29, 1.82) is 0 Å². The molecule has 0 saturated heterocycles. The van der Waals surface area contributed by atoms with Crippen molar-refractivity contribution in [1.82, 2.24) is 15.0 Å². The molecule has 0 fully saturated rings. The number of hydrogen-bond acceptors (Lipinski definition) is 3. The molecule has 0 aliphatic rings. The quantitative estimate of drug-likeness (QED) is 0.716. The summed E-state index contributed by atoms with van der Waals surface area (Å²) in [5, 5.41) is 7.71. The topological polar surface area (TPSA) is 39.9 Å². The van der Waals surface area contributed by atoms with Gasteiger partial charge in [0.25, 0.3) is 0 Å². The van der Waals surface area contributed by atoms with E-state index < -0.39 is 0 Å². The first-order valence-electron chi connectivity index (χ1n) is 5.85. The Morgan fingerprint density at radius 3 is 2.65 bits per heavy atom. The zero-order chi connectivity index (χ0) is 11.9. The normalized spacial score (nSPS) is 10.4. The highest BCUT2D eigenvalue weighted by Gasteiger charge is 1.96. The van der Waals surface area contributed by atoms with Crippen LogP contribution in [0.15, 0.2) is 36.7 Å². The minimum Gasteiger partial charge on any atom is -0.497 e. The van der Waals surface area contributed by atoms with Crippen molar-refractivity contribution in [3.8, 4) is 5.75 Å². The standard InChI is InChI=1S/C13H17N3O/c1-17-13-7-5-12(6-8-13)4-2-3-10-16-11-9-14-15-16/h5-9,11H,2-4,10H2,1H3. The van der Waals surface area contributed by atoms with Crippen LogP contribution in [0.3, 0.4) is 0 Å². The van der Waals surface area contributed by atoms with Gasteiger partial charge < -0.3 is 4.74 Å². The van der Waals surface area contributed by atoms with Crippen LogP contribution < -0.4 is 4.74 Å². The van der Waals surface area contributed by atoms with E-state index in [2.05, 4.69) is 22.4 Å². The Morgan fingerprint density at radius 1 is 1.18 bits per heavy atom. The Morgan fingerprint density at radius 2 is 2.00 bits per heavy atom. The molecule has 0 radical (unpaired) electrons. The van der Waals surface area contributed by atoms with Gasteiger partial charge in [-0.25, -0.2) is 0 Å². The van der Waals surface area contributed by atoms with Gasteiger partial charge in [-0.15, -0.1) is 5.10 Å². The van der Waals surface area contributed by atoms with Crippen LogP contribution in [0.25, 0.3) is 0 Å². The summed E-state index contributed by atoms with van der Waals surface area (Å²) in [5.74, 6) is 0.913. The molecule has 4 heteroatoms. The fraction of sp³-hybridized carbons (Fsp3) is 0.385. The van der Waals surface area contributed by atoms with Crippen molar-refractivity contribution < 1.29 is 4.74 Å². The predicted molar refractivity (Wildman–Crippen MR) is 66.0 cm³/mol. The third-order valence-corrected chi connectivity index (χ3v) is 2.73. The Labute approximate surface area is 101 Å². The van der Waals surface area contributed by atoms with E-state index in [0.29, 0.717) is 0 Å². The van der Waals surface area contributed by atoms with E-state index in [4.69, 9.17) is 4.74 Å². The van der Waals surface area contributed by atoms with Crippen LogP contribution in [0.4, 0.5) is 0 Å². The molecule has 1 aromatic heterocycles. The highest BCUT2D eigenvalue weighted by Crippen LogP contribution is 2.13. The van der Waals surface area contributed by atoms with Crippen molar-refractivity contribution in [3.63, 3.8) is 0 Å². The number of rotatable bonds is 6. The van der Waals surface area contributed by atoms with Gasteiger partial charge in [-0.3, -0.25) is 4.68 Å². The lowest BCUT2D eigenvalue weighted by molar-refractivity contribution is 0.414. The highest BCUT2D eigenvalue weighted by atomic mass is 16.5. The van der Waals surface area contributed by atoms with Crippen LogP contribution >= 0.6 is 0 Å². The molecule has 0 amide bonds. The maximum atomic E-state index is 5.13. The summed E-state index contributed by atoms with van der Waals surface area (Å²) < 4.78 is 6.99. The molecule has 90 valence electrons. The summed E-state index contributed by atoms with van der Waals surface area (Å²) in [4.78, 5) is 0. The van der Waals surface area contributed by atoms with Gasteiger partial charge >= 0.3 is 0 Å². The number of aromatic nitrogens is 3. The minimum atomic E-state index is 0.913. The Kier molecular flexibility index (Phi) is 4.13. The molecule has 0 N–H and O–H groups in total.